The molecular weight excluding hydrogens is 837 g/mol. The third kappa shape index (κ3) is 9.57. The van der Waals surface area contributed by atoms with Gasteiger partial charge < -0.3 is 30.7 Å². The predicted octanol–water partition coefficient (Wildman–Crippen LogP) is 3.86. The molecule has 2 aromatic rings. The summed E-state index contributed by atoms with van der Waals surface area (Å²) in [5, 5.41) is 4.88. The van der Waals surface area contributed by atoms with Gasteiger partial charge in [-0.2, -0.15) is 4.31 Å². The van der Waals surface area contributed by atoms with Gasteiger partial charge in [0.05, 0.1) is 23.1 Å². The number of nitrogen functional groups attached to an aromatic ring is 1. The number of alkyl carbamates (subject to hydrolysis) is 1. The van der Waals surface area contributed by atoms with E-state index in [9.17, 15) is 31.2 Å². The molecule has 2 saturated carbocycles. The second kappa shape index (κ2) is 17.4. The SMILES string of the molecule is CO[C@@]1(C2C=CC(c3ccccc3)=CC2)C[C@H]2C(=O)N[C@]3(C(=O)NS(=O)(=O)C4CC4)C[C@H]3CCCCCN(S(=O)(=O)c3ccccc3N)C[C@H](NC(=O)OC(C)(C)C)C(=O)N2C1. The molecule has 5 N–H and O–H groups in total. The Morgan fingerprint density at radius 2 is 1.65 bits per heavy atom. The van der Waals surface area contributed by atoms with Crippen molar-refractivity contribution in [2.75, 3.05) is 32.5 Å². The molecule has 2 heterocycles. The molecule has 18 heteroatoms. The molecule has 4 amide bonds. The van der Waals surface area contributed by atoms with Crippen LogP contribution in [0.2, 0.25) is 0 Å². The smallest absolute Gasteiger partial charge is 0.408 e. The highest BCUT2D eigenvalue weighted by molar-refractivity contribution is 7.91. The van der Waals surface area contributed by atoms with E-state index in [1.165, 1.54) is 24.1 Å². The molecule has 6 atom stereocenters. The molecule has 2 aromatic carbocycles. The number of nitrogens with two attached hydrogens (primary N) is 1. The van der Waals surface area contributed by atoms with Crippen molar-refractivity contribution in [2.45, 2.75) is 118 Å². The molecule has 5 aliphatic rings. The minimum absolute atomic E-state index is 0.00424. The summed E-state index contributed by atoms with van der Waals surface area (Å²) in [5.41, 5.74) is 4.51. The lowest BCUT2D eigenvalue weighted by Crippen LogP contribution is -2.60. The van der Waals surface area contributed by atoms with Gasteiger partial charge >= 0.3 is 6.09 Å². The highest BCUT2D eigenvalue weighted by atomic mass is 32.2. The predicted molar refractivity (Wildman–Crippen MR) is 232 cm³/mol. The summed E-state index contributed by atoms with van der Waals surface area (Å²) in [6.45, 7) is 4.22. The highest BCUT2D eigenvalue weighted by Gasteiger charge is 2.63. The summed E-state index contributed by atoms with van der Waals surface area (Å²) in [4.78, 5) is 58.8. The Labute approximate surface area is 364 Å². The van der Waals surface area contributed by atoms with Gasteiger partial charge in [0, 0.05) is 32.5 Å². The fraction of sp³-hybridized carbons (Fsp3) is 0.545. The average molecular weight is 895 g/mol. The van der Waals surface area contributed by atoms with Crippen molar-refractivity contribution in [3.63, 3.8) is 0 Å². The third-order valence-electron chi connectivity index (χ3n) is 12.7. The van der Waals surface area contributed by atoms with E-state index in [2.05, 4.69) is 21.4 Å². The maximum absolute atomic E-state index is 15.3. The molecule has 3 aliphatic carbocycles. The minimum Gasteiger partial charge on any atom is -0.444 e. The van der Waals surface area contributed by atoms with Crippen LogP contribution in [0, 0.1) is 11.8 Å². The molecule has 7 rings (SSSR count). The average Bonchev–Trinajstić information content (AvgIpc) is 4.16. The van der Waals surface area contributed by atoms with Crippen LogP contribution in [-0.4, -0.2) is 111 Å². The Balaban J connectivity index is 1.28. The largest absolute Gasteiger partial charge is 0.444 e. The van der Waals surface area contributed by atoms with Gasteiger partial charge in [-0.25, -0.2) is 21.6 Å². The number of fused-ring (bicyclic) bond motifs is 2. The van der Waals surface area contributed by atoms with Crippen molar-refractivity contribution in [1.29, 1.82) is 0 Å². The molecular formula is C44H58N6O10S2. The third-order valence-corrected chi connectivity index (χ3v) is 16.4. The molecule has 336 valence electrons. The molecule has 4 fully saturated rings. The van der Waals surface area contributed by atoms with Gasteiger partial charge in [0.15, 0.2) is 0 Å². The second-order valence-corrected chi connectivity index (χ2v) is 22.0. The first-order chi connectivity index (χ1) is 29.3. The van der Waals surface area contributed by atoms with E-state index in [0.717, 1.165) is 15.4 Å². The van der Waals surface area contributed by atoms with Crippen LogP contribution in [0.4, 0.5) is 10.5 Å². The number of carbonyl (C=O) groups excluding carboxylic acids is 4. The van der Waals surface area contributed by atoms with Crippen molar-refractivity contribution in [1.82, 2.24) is 24.6 Å². The Morgan fingerprint density at radius 1 is 0.935 bits per heavy atom. The van der Waals surface area contributed by atoms with Crippen LogP contribution in [0.3, 0.4) is 0 Å². The van der Waals surface area contributed by atoms with Gasteiger partial charge in [-0.15, -0.1) is 0 Å². The van der Waals surface area contributed by atoms with Gasteiger partial charge in [0.1, 0.15) is 28.1 Å². The van der Waals surface area contributed by atoms with Crippen molar-refractivity contribution >= 4 is 55.1 Å². The fourth-order valence-corrected chi connectivity index (χ4v) is 12.0. The zero-order valence-electron chi connectivity index (χ0n) is 35.7. The number of amides is 4. The number of nitrogens with zero attached hydrogens (tertiary/aromatic N) is 2. The number of nitrogens with one attached hydrogen (secondary N) is 3. The monoisotopic (exact) mass is 894 g/mol. The van der Waals surface area contributed by atoms with E-state index in [0.29, 0.717) is 44.9 Å². The quantitative estimate of drug-likeness (QED) is 0.265. The van der Waals surface area contributed by atoms with Crippen LogP contribution in [0.1, 0.15) is 84.1 Å². The number of methoxy groups -OCH3 is 1. The van der Waals surface area contributed by atoms with Crippen molar-refractivity contribution < 1.29 is 45.5 Å². The Morgan fingerprint density at radius 3 is 2.29 bits per heavy atom. The molecule has 2 aliphatic heterocycles. The van der Waals surface area contributed by atoms with Crippen LogP contribution >= 0.6 is 0 Å². The number of anilines is 1. The summed E-state index contributed by atoms with van der Waals surface area (Å²) in [5.74, 6) is -3.07. The molecule has 16 nitrogen and oxygen atoms in total. The van der Waals surface area contributed by atoms with Gasteiger partial charge in [0.2, 0.25) is 31.9 Å². The number of hydrogen-bond donors (Lipinski definition) is 4. The minimum atomic E-state index is -4.36. The molecule has 2 saturated heterocycles. The number of hydrogen-bond acceptors (Lipinski definition) is 11. The standard InChI is InChI=1S/C44H58N6O10S2/c1-42(2,3)60-41(54)46-35-27-49(62(57,58)37-17-11-10-16-34(37)45)24-12-6-9-15-32-25-44(32,40(53)48-61(55,56)33-22-23-33)47-38(51)36-26-43(59-4,28-50(36)39(35)52)31-20-18-30(19-21-31)29-13-7-5-8-14-29/h5,7-8,10-11,13-14,16-20,31-33,35-36H,6,9,12,15,21-28,45H2,1-4H3,(H,46,54)(H,47,51)(H,48,53)/t31?,32-,35+,36+,43+,44-/m1/s1. The maximum Gasteiger partial charge on any atom is 0.408 e. The Bertz CT molecular complexity index is 2350. The summed E-state index contributed by atoms with van der Waals surface area (Å²) in [6.07, 6.45) is 8.35. The summed E-state index contributed by atoms with van der Waals surface area (Å²) in [6, 6.07) is 13.0. The van der Waals surface area contributed by atoms with Crippen molar-refractivity contribution in [3.8, 4) is 0 Å². The van der Waals surface area contributed by atoms with E-state index in [1.54, 1.807) is 32.9 Å². The first-order valence-electron chi connectivity index (χ1n) is 21.3. The van der Waals surface area contributed by atoms with E-state index < -0.39 is 90.4 Å². The van der Waals surface area contributed by atoms with Crippen LogP contribution in [0.5, 0.6) is 0 Å². The van der Waals surface area contributed by atoms with Gasteiger partial charge in [-0.1, -0.05) is 73.5 Å². The van der Waals surface area contributed by atoms with E-state index in [4.69, 9.17) is 15.2 Å². The van der Waals surface area contributed by atoms with Crippen LogP contribution < -0.4 is 21.1 Å². The van der Waals surface area contributed by atoms with Crippen molar-refractivity contribution in [2.24, 2.45) is 11.8 Å². The first-order valence-corrected chi connectivity index (χ1v) is 24.3. The number of carbonyl (C=O) groups is 4. The van der Waals surface area contributed by atoms with E-state index in [-0.39, 0.29) is 42.4 Å². The zero-order valence-corrected chi connectivity index (χ0v) is 37.3. The summed E-state index contributed by atoms with van der Waals surface area (Å²) < 4.78 is 70.3. The van der Waals surface area contributed by atoms with E-state index >= 15 is 4.79 Å². The van der Waals surface area contributed by atoms with Crippen molar-refractivity contribution in [3.05, 3.63) is 78.4 Å². The zero-order chi connectivity index (χ0) is 44.7. The lowest BCUT2D eigenvalue weighted by Gasteiger charge is -2.36. The highest BCUT2D eigenvalue weighted by Crippen LogP contribution is 2.49. The molecule has 0 radical (unpaired) electrons. The summed E-state index contributed by atoms with van der Waals surface area (Å²) in [7, 11) is -6.83. The maximum atomic E-state index is 15.3. The molecule has 0 aromatic heterocycles. The lowest BCUT2D eigenvalue weighted by molar-refractivity contribution is -0.141. The number of ether oxygens (including phenoxy) is 2. The van der Waals surface area contributed by atoms with Crippen LogP contribution in [0.25, 0.3) is 5.57 Å². The van der Waals surface area contributed by atoms with Crippen LogP contribution in [-0.2, 0) is 43.9 Å². The van der Waals surface area contributed by atoms with Crippen LogP contribution in [0.15, 0.2) is 77.7 Å². The number of para-hydroxylation sites is 1. The number of benzene rings is 2. The number of sulfonamides is 2. The Kier molecular flexibility index (Phi) is 12.7. The van der Waals surface area contributed by atoms with E-state index in [1.807, 2.05) is 42.5 Å². The molecule has 0 bridgehead atoms. The topological polar surface area (TPSA) is 224 Å². The molecule has 0 spiro atoms. The van der Waals surface area contributed by atoms with Gasteiger partial charge in [0.25, 0.3) is 5.91 Å². The van der Waals surface area contributed by atoms with Gasteiger partial charge in [-0.3, -0.25) is 19.1 Å². The summed E-state index contributed by atoms with van der Waals surface area (Å²) >= 11 is 0. The lowest BCUT2D eigenvalue weighted by atomic mass is 9.79. The molecule has 62 heavy (non-hydrogen) atoms. The molecule has 1 unspecified atom stereocenters. The Hall–Kier alpha value is -4.78. The second-order valence-electron chi connectivity index (χ2n) is 18.2. The first kappa shape index (κ1) is 45.3. The fourth-order valence-electron chi connectivity index (χ4n) is 9.00. The van der Waals surface area contributed by atoms with Gasteiger partial charge in [-0.05, 0) is 88.5 Å². The number of rotatable bonds is 9. The number of allylic oxidation sites excluding steroid dienone is 3. The normalized spacial score (nSPS) is 28.9.